The summed E-state index contributed by atoms with van der Waals surface area (Å²) in [6.45, 7) is 5.70. The van der Waals surface area contributed by atoms with Crippen molar-refractivity contribution in [3.8, 4) is 0 Å². The van der Waals surface area contributed by atoms with E-state index in [0.717, 1.165) is 0 Å². The highest BCUT2D eigenvalue weighted by Crippen LogP contribution is 2.33. The molecule has 4 nitrogen and oxygen atoms in total. The zero-order valence-corrected chi connectivity index (χ0v) is 15.2. The van der Waals surface area contributed by atoms with Gasteiger partial charge >= 0.3 is 0 Å². The highest BCUT2D eigenvalue weighted by atomic mass is 32.2. The molecule has 0 saturated carbocycles. The number of carbonyl (C=O) groups excluding carboxylic acids is 2. The lowest BCUT2D eigenvalue weighted by molar-refractivity contribution is -0.125. The Kier molecular flexibility index (Phi) is 4.64. The number of nitrogens with zero attached hydrogens (tertiary/aromatic N) is 2. The molecule has 1 fully saturated rings. The summed E-state index contributed by atoms with van der Waals surface area (Å²) in [4.78, 5) is 30.4. The molecule has 2 aromatic rings. The largest absolute Gasteiger partial charge is 0.301 e. The number of ketones is 1. The first-order valence-electron chi connectivity index (χ1n) is 7.98. The molecule has 0 N–H and O–H groups in total. The molecule has 3 rings (SSSR count). The topological polar surface area (TPSA) is 50.3 Å². The molecule has 0 spiro atoms. The van der Waals surface area contributed by atoms with E-state index in [0.29, 0.717) is 21.5 Å². The van der Waals surface area contributed by atoms with E-state index in [-0.39, 0.29) is 29.8 Å². The van der Waals surface area contributed by atoms with E-state index in [1.54, 1.807) is 18.3 Å². The lowest BCUT2D eigenvalue weighted by Crippen LogP contribution is -2.26. The molecule has 0 unspecified atom stereocenters. The summed E-state index contributed by atoms with van der Waals surface area (Å²) in [6, 6.07) is 6.35. The Morgan fingerprint density at radius 2 is 2.16 bits per heavy atom. The summed E-state index contributed by atoms with van der Waals surface area (Å²) in [7, 11) is 0. The number of aromatic nitrogens is 1. The van der Waals surface area contributed by atoms with Crippen molar-refractivity contribution in [1.29, 1.82) is 0 Å². The molecule has 6 heteroatoms. The quantitative estimate of drug-likeness (QED) is 0.781. The smallest absolute Gasteiger partial charge is 0.238 e. The average molecular weight is 358 g/mol. The van der Waals surface area contributed by atoms with Crippen molar-refractivity contribution < 1.29 is 14.0 Å². The third-order valence-electron chi connectivity index (χ3n) is 3.98. The summed E-state index contributed by atoms with van der Waals surface area (Å²) >= 11 is 1.33. The van der Waals surface area contributed by atoms with Gasteiger partial charge in [-0.05, 0) is 18.2 Å². The summed E-state index contributed by atoms with van der Waals surface area (Å²) in [5.41, 5.74) is 0.772. The van der Waals surface area contributed by atoms with E-state index in [9.17, 15) is 14.0 Å². The van der Waals surface area contributed by atoms with Gasteiger partial charge in [0, 0.05) is 28.6 Å². The van der Waals surface area contributed by atoms with Gasteiger partial charge in [-0.2, -0.15) is 0 Å². The van der Waals surface area contributed by atoms with Crippen LogP contribution in [0.4, 0.5) is 4.39 Å². The van der Waals surface area contributed by atoms with Gasteiger partial charge in [0.05, 0.1) is 22.8 Å². The normalized spacial score (nSPS) is 16.9. The first kappa shape index (κ1) is 17.6. The van der Waals surface area contributed by atoms with Crippen LogP contribution in [0.3, 0.4) is 0 Å². The van der Waals surface area contributed by atoms with Crippen LogP contribution in [-0.4, -0.2) is 27.3 Å². The lowest BCUT2D eigenvalue weighted by Gasteiger charge is -2.20. The Hall–Kier alpha value is -2.21. The van der Waals surface area contributed by atoms with Gasteiger partial charge in [-0.15, -0.1) is 0 Å². The number of allylic oxidation sites excluding steroid dienone is 1. The van der Waals surface area contributed by atoms with Crippen LogP contribution in [0.1, 0.15) is 26.3 Å². The van der Waals surface area contributed by atoms with E-state index < -0.39 is 5.41 Å². The van der Waals surface area contributed by atoms with Crippen molar-refractivity contribution in [1.82, 2.24) is 9.88 Å². The van der Waals surface area contributed by atoms with E-state index in [1.165, 1.54) is 34.9 Å². The minimum Gasteiger partial charge on any atom is -0.301 e. The van der Waals surface area contributed by atoms with Crippen LogP contribution in [0, 0.1) is 11.2 Å². The van der Waals surface area contributed by atoms with Crippen LogP contribution in [0.25, 0.3) is 10.9 Å². The maximum atomic E-state index is 13.9. The molecule has 2 heterocycles. The SMILES string of the molecule is CC(C)(C)C(=O)/C=C1\SCC(=O)N1Cc1cc(F)cc2cccnc12. The maximum absolute atomic E-state index is 13.9. The number of rotatable bonds is 3. The molecular formula is C19H19FN2O2S. The van der Waals surface area contributed by atoms with Crippen molar-refractivity contribution in [3.63, 3.8) is 0 Å². The average Bonchev–Trinajstić information content (AvgIpc) is 2.87. The fraction of sp³-hybridized carbons (Fsp3) is 0.316. The number of hydrogen-bond acceptors (Lipinski definition) is 4. The molecule has 1 aromatic heterocycles. The molecule has 130 valence electrons. The summed E-state index contributed by atoms with van der Waals surface area (Å²) < 4.78 is 13.9. The van der Waals surface area contributed by atoms with Gasteiger partial charge in [-0.3, -0.25) is 14.6 Å². The molecule has 0 aliphatic carbocycles. The predicted molar refractivity (Wildman–Crippen MR) is 97.3 cm³/mol. The second-order valence-corrected chi connectivity index (χ2v) is 8.00. The Bertz CT molecular complexity index is 887. The summed E-state index contributed by atoms with van der Waals surface area (Å²) in [6.07, 6.45) is 3.16. The Labute approximate surface area is 150 Å². The minimum absolute atomic E-state index is 0.0445. The van der Waals surface area contributed by atoms with Crippen LogP contribution in [0.2, 0.25) is 0 Å². The van der Waals surface area contributed by atoms with Crippen molar-refractivity contribution in [2.45, 2.75) is 27.3 Å². The fourth-order valence-corrected chi connectivity index (χ4v) is 3.49. The van der Waals surface area contributed by atoms with Gasteiger partial charge in [0.15, 0.2) is 5.78 Å². The van der Waals surface area contributed by atoms with Crippen LogP contribution in [0.5, 0.6) is 0 Å². The third kappa shape index (κ3) is 3.74. The van der Waals surface area contributed by atoms with Crippen LogP contribution >= 0.6 is 11.8 Å². The predicted octanol–water partition coefficient (Wildman–Crippen LogP) is 3.91. The molecule has 25 heavy (non-hydrogen) atoms. The molecule has 1 amide bonds. The Morgan fingerprint density at radius 3 is 2.88 bits per heavy atom. The van der Waals surface area contributed by atoms with Crippen LogP contribution < -0.4 is 0 Å². The van der Waals surface area contributed by atoms with Gasteiger partial charge in [-0.25, -0.2) is 4.39 Å². The zero-order chi connectivity index (χ0) is 18.2. The molecule has 0 bridgehead atoms. The van der Waals surface area contributed by atoms with E-state index >= 15 is 0 Å². The summed E-state index contributed by atoms with van der Waals surface area (Å²) in [5.74, 6) is -0.224. The number of amides is 1. The van der Waals surface area contributed by atoms with Gasteiger partial charge in [-0.1, -0.05) is 38.6 Å². The van der Waals surface area contributed by atoms with Crippen molar-refractivity contribution in [2.75, 3.05) is 5.75 Å². The lowest BCUT2D eigenvalue weighted by atomic mass is 9.91. The van der Waals surface area contributed by atoms with Gasteiger partial charge in [0.1, 0.15) is 5.82 Å². The maximum Gasteiger partial charge on any atom is 0.238 e. The molecule has 1 aromatic carbocycles. The van der Waals surface area contributed by atoms with Crippen molar-refractivity contribution >= 4 is 34.4 Å². The number of hydrogen-bond donors (Lipinski definition) is 0. The molecular weight excluding hydrogens is 339 g/mol. The zero-order valence-electron chi connectivity index (χ0n) is 14.4. The first-order chi connectivity index (χ1) is 11.8. The van der Waals surface area contributed by atoms with Gasteiger partial charge in [0.2, 0.25) is 5.91 Å². The number of thioether (sulfide) groups is 1. The standard InChI is InChI=1S/C19H19FN2O2S/c1-19(2,3)15(23)9-17-22(16(24)11-25-17)10-13-8-14(20)7-12-5-4-6-21-18(12)13/h4-9H,10-11H2,1-3H3/b17-9-. The molecule has 1 aliphatic rings. The van der Waals surface area contributed by atoms with E-state index in [1.807, 2.05) is 20.8 Å². The van der Waals surface area contributed by atoms with Crippen molar-refractivity contribution in [3.05, 3.63) is 52.9 Å². The molecule has 1 aliphatic heterocycles. The second-order valence-electron chi connectivity index (χ2n) is 7.01. The third-order valence-corrected chi connectivity index (χ3v) is 5.01. The van der Waals surface area contributed by atoms with Gasteiger partial charge < -0.3 is 4.90 Å². The molecule has 1 saturated heterocycles. The van der Waals surface area contributed by atoms with E-state index in [4.69, 9.17) is 0 Å². The van der Waals surface area contributed by atoms with Crippen LogP contribution in [-0.2, 0) is 16.1 Å². The number of benzene rings is 1. The van der Waals surface area contributed by atoms with E-state index in [2.05, 4.69) is 4.98 Å². The fourth-order valence-electron chi connectivity index (χ4n) is 2.55. The molecule has 0 atom stereocenters. The van der Waals surface area contributed by atoms with Crippen molar-refractivity contribution in [2.24, 2.45) is 5.41 Å². The highest BCUT2D eigenvalue weighted by molar-refractivity contribution is 8.04. The Balaban J connectivity index is 1.97. The number of carbonyl (C=O) groups is 2. The number of halogens is 1. The highest BCUT2D eigenvalue weighted by Gasteiger charge is 2.30. The number of pyridine rings is 1. The number of fused-ring (bicyclic) bond motifs is 1. The molecule has 0 radical (unpaired) electrons. The first-order valence-corrected chi connectivity index (χ1v) is 8.97. The van der Waals surface area contributed by atoms with Crippen LogP contribution in [0.15, 0.2) is 41.6 Å². The minimum atomic E-state index is -0.516. The summed E-state index contributed by atoms with van der Waals surface area (Å²) in [5, 5.41) is 1.30. The Morgan fingerprint density at radius 1 is 1.40 bits per heavy atom. The van der Waals surface area contributed by atoms with Gasteiger partial charge in [0.25, 0.3) is 0 Å². The monoisotopic (exact) mass is 358 g/mol. The second kappa shape index (κ2) is 6.59.